The number of hydrogen-bond acceptors (Lipinski definition) is 0. The third kappa shape index (κ3) is 1.83. The van der Waals surface area contributed by atoms with Gasteiger partial charge in [-0.3, -0.25) is 0 Å². The maximum Gasteiger partial charge on any atom is 0.212 e. The number of nitrogens with zero attached hydrogens (tertiary/aromatic N) is 1. The van der Waals surface area contributed by atoms with Crippen LogP contribution >= 0.6 is 0 Å². The number of hydrogen-bond donors (Lipinski definition) is 0. The van der Waals surface area contributed by atoms with Crippen LogP contribution in [0.3, 0.4) is 0 Å². The van der Waals surface area contributed by atoms with Crippen molar-refractivity contribution in [3.05, 3.63) is 53.5 Å². The Kier molecular flexibility index (Phi) is 2.73. The molecule has 0 spiro atoms. The fraction of sp³-hybridized carbons (Fsp3) is 0.214. The van der Waals surface area contributed by atoms with Gasteiger partial charge in [0.2, 0.25) is 11.9 Å². The molecule has 1 aromatic carbocycles. The second-order valence-electron chi connectivity index (χ2n) is 4.12. The first-order chi connectivity index (χ1) is 7.59. The molecule has 0 aliphatic rings. The van der Waals surface area contributed by atoms with Crippen molar-refractivity contribution < 1.29 is 8.96 Å². The van der Waals surface area contributed by atoms with Crippen molar-refractivity contribution in [1.29, 1.82) is 0 Å². The summed E-state index contributed by atoms with van der Waals surface area (Å²) >= 11 is 0. The minimum Gasteiger partial charge on any atom is -0.200 e. The highest BCUT2D eigenvalue weighted by Crippen LogP contribution is 2.21. The van der Waals surface area contributed by atoms with Gasteiger partial charge in [0.15, 0.2) is 5.82 Å². The van der Waals surface area contributed by atoms with E-state index in [9.17, 15) is 4.39 Å². The van der Waals surface area contributed by atoms with Gasteiger partial charge < -0.3 is 0 Å². The number of aryl methyl sites for hydroxylation is 3. The van der Waals surface area contributed by atoms with Crippen molar-refractivity contribution in [2.45, 2.75) is 13.8 Å². The molecule has 0 aliphatic heterocycles. The van der Waals surface area contributed by atoms with E-state index in [1.54, 1.807) is 6.92 Å². The zero-order valence-corrected chi connectivity index (χ0v) is 9.79. The standard InChI is InChI=1S/C14H15FN/c1-10-6-4-5-7-12(10)14-8-11(2)13(15)9-16(14)3/h4-9H,1-3H3/q+1. The minimum atomic E-state index is -0.167. The highest BCUT2D eigenvalue weighted by atomic mass is 19.1. The van der Waals surface area contributed by atoms with E-state index in [1.165, 1.54) is 11.8 Å². The fourth-order valence-corrected chi connectivity index (χ4v) is 1.85. The van der Waals surface area contributed by atoms with Crippen LogP contribution in [-0.4, -0.2) is 0 Å². The quantitative estimate of drug-likeness (QED) is 0.645. The van der Waals surface area contributed by atoms with Crippen molar-refractivity contribution in [3.63, 3.8) is 0 Å². The lowest BCUT2D eigenvalue weighted by Gasteiger charge is -2.05. The molecule has 0 amide bonds. The second-order valence-corrected chi connectivity index (χ2v) is 4.12. The number of aromatic nitrogens is 1. The summed E-state index contributed by atoms with van der Waals surface area (Å²) in [4.78, 5) is 0. The lowest BCUT2D eigenvalue weighted by Crippen LogP contribution is -2.31. The Morgan fingerprint density at radius 3 is 2.44 bits per heavy atom. The molecule has 1 aromatic heterocycles. The Hall–Kier alpha value is -1.70. The zero-order chi connectivity index (χ0) is 11.7. The first-order valence-corrected chi connectivity index (χ1v) is 5.31. The van der Waals surface area contributed by atoms with Gasteiger partial charge in [-0.1, -0.05) is 18.2 Å². The van der Waals surface area contributed by atoms with E-state index in [0.29, 0.717) is 5.56 Å². The van der Waals surface area contributed by atoms with Gasteiger partial charge in [-0.15, -0.1) is 0 Å². The molecular weight excluding hydrogens is 201 g/mol. The molecule has 0 radical (unpaired) electrons. The first-order valence-electron chi connectivity index (χ1n) is 5.31. The van der Waals surface area contributed by atoms with Gasteiger partial charge in [-0.05, 0) is 31.0 Å². The van der Waals surface area contributed by atoms with Crippen LogP contribution < -0.4 is 4.57 Å². The van der Waals surface area contributed by atoms with Gasteiger partial charge in [0.05, 0.1) is 0 Å². The van der Waals surface area contributed by atoms with Crippen molar-refractivity contribution in [2.75, 3.05) is 0 Å². The molecule has 0 atom stereocenters. The molecule has 0 unspecified atom stereocenters. The Bertz CT molecular complexity index is 532. The van der Waals surface area contributed by atoms with Crippen LogP contribution in [0.25, 0.3) is 11.3 Å². The number of rotatable bonds is 1. The summed E-state index contributed by atoms with van der Waals surface area (Å²) in [6.07, 6.45) is 1.52. The molecule has 0 N–H and O–H groups in total. The Morgan fingerprint density at radius 2 is 1.75 bits per heavy atom. The Labute approximate surface area is 95.2 Å². The summed E-state index contributed by atoms with van der Waals surface area (Å²) in [7, 11) is 1.87. The maximum atomic E-state index is 13.4. The van der Waals surface area contributed by atoms with E-state index in [4.69, 9.17) is 0 Å². The van der Waals surface area contributed by atoms with Crippen LogP contribution in [0.4, 0.5) is 4.39 Å². The first kappa shape index (κ1) is 10.8. The molecule has 0 bridgehead atoms. The molecule has 82 valence electrons. The van der Waals surface area contributed by atoms with Gasteiger partial charge in [-0.2, -0.15) is 4.57 Å². The molecule has 1 heterocycles. The van der Waals surface area contributed by atoms with Crippen molar-refractivity contribution in [1.82, 2.24) is 0 Å². The largest absolute Gasteiger partial charge is 0.212 e. The molecule has 1 nitrogen and oxygen atoms in total. The van der Waals surface area contributed by atoms with Gasteiger partial charge in [0.25, 0.3) is 0 Å². The van der Waals surface area contributed by atoms with Gasteiger partial charge in [0.1, 0.15) is 7.05 Å². The second kappa shape index (κ2) is 4.05. The molecule has 16 heavy (non-hydrogen) atoms. The summed E-state index contributed by atoms with van der Waals surface area (Å²) < 4.78 is 15.2. The highest BCUT2D eigenvalue weighted by molar-refractivity contribution is 5.61. The van der Waals surface area contributed by atoms with Crippen molar-refractivity contribution >= 4 is 0 Å². The predicted octanol–water partition coefficient (Wildman–Crippen LogP) is 2.93. The minimum absolute atomic E-state index is 0.167. The molecule has 2 rings (SSSR count). The fourth-order valence-electron chi connectivity index (χ4n) is 1.85. The average Bonchev–Trinajstić information content (AvgIpc) is 2.25. The number of benzene rings is 1. The highest BCUT2D eigenvalue weighted by Gasteiger charge is 2.14. The normalized spacial score (nSPS) is 10.5. The lowest BCUT2D eigenvalue weighted by atomic mass is 10.0. The molecule has 0 fully saturated rings. The Morgan fingerprint density at radius 1 is 1.06 bits per heavy atom. The van der Waals surface area contributed by atoms with Crippen LogP contribution in [0.2, 0.25) is 0 Å². The molecule has 0 aliphatic carbocycles. The predicted molar refractivity (Wildman–Crippen MR) is 62.5 cm³/mol. The SMILES string of the molecule is Cc1cc(-c2ccccc2C)[n+](C)cc1F. The summed E-state index contributed by atoms with van der Waals surface area (Å²) in [5.74, 6) is -0.167. The summed E-state index contributed by atoms with van der Waals surface area (Å²) in [5, 5.41) is 0. The summed E-state index contributed by atoms with van der Waals surface area (Å²) in [5.41, 5.74) is 4.06. The van der Waals surface area contributed by atoms with Gasteiger partial charge >= 0.3 is 0 Å². The monoisotopic (exact) mass is 216 g/mol. The Balaban J connectivity index is 2.65. The third-order valence-corrected chi connectivity index (χ3v) is 2.84. The van der Waals surface area contributed by atoms with Crippen LogP contribution in [-0.2, 0) is 7.05 Å². The van der Waals surface area contributed by atoms with Gasteiger partial charge in [0, 0.05) is 11.6 Å². The molecule has 0 saturated heterocycles. The van der Waals surface area contributed by atoms with E-state index in [-0.39, 0.29) is 5.82 Å². The summed E-state index contributed by atoms with van der Waals surface area (Å²) in [6.45, 7) is 3.85. The van der Waals surface area contributed by atoms with E-state index >= 15 is 0 Å². The van der Waals surface area contributed by atoms with Crippen LogP contribution in [0.5, 0.6) is 0 Å². The lowest BCUT2D eigenvalue weighted by molar-refractivity contribution is -0.662. The molecule has 2 aromatic rings. The molecule has 2 heteroatoms. The van der Waals surface area contributed by atoms with E-state index in [0.717, 1.165) is 11.3 Å². The van der Waals surface area contributed by atoms with Crippen LogP contribution in [0, 0.1) is 19.7 Å². The molecular formula is C14H15FN+. The van der Waals surface area contributed by atoms with Crippen molar-refractivity contribution in [2.24, 2.45) is 7.05 Å². The van der Waals surface area contributed by atoms with E-state index in [2.05, 4.69) is 19.1 Å². The topological polar surface area (TPSA) is 3.88 Å². The van der Waals surface area contributed by atoms with Crippen molar-refractivity contribution in [3.8, 4) is 11.3 Å². The maximum absolute atomic E-state index is 13.4. The number of halogens is 1. The summed E-state index contributed by atoms with van der Waals surface area (Å²) in [6, 6.07) is 10.0. The molecule has 0 saturated carbocycles. The van der Waals surface area contributed by atoms with Gasteiger partial charge in [-0.25, -0.2) is 4.39 Å². The van der Waals surface area contributed by atoms with E-state index < -0.39 is 0 Å². The van der Waals surface area contributed by atoms with Crippen LogP contribution in [0.1, 0.15) is 11.1 Å². The van der Waals surface area contributed by atoms with Crippen LogP contribution in [0.15, 0.2) is 36.5 Å². The van der Waals surface area contributed by atoms with E-state index in [1.807, 2.05) is 29.8 Å². The number of pyridine rings is 1. The average molecular weight is 216 g/mol. The zero-order valence-electron chi connectivity index (χ0n) is 9.79. The smallest absolute Gasteiger partial charge is 0.200 e. The third-order valence-electron chi connectivity index (χ3n) is 2.84.